The minimum atomic E-state index is -0.435. The molecule has 2 aromatic carbocycles. The highest BCUT2D eigenvalue weighted by Crippen LogP contribution is 2.23. The molecule has 3 amide bonds. The molecule has 1 aliphatic heterocycles. The van der Waals surface area contributed by atoms with E-state index >= 15 is 0 Å². The van der Waals surface area contributed by atoms with Gasteiger partial charge in [-0.15, -0.1) is 0 Å². The van der Waals surface area contributed by atoms with Crippen LogP contribution in [0.2, 0.25) is 5.02 Å². The Morgan fingerprint density at radius 2 is 1.60 bits per heavy atom. The van der Waals surface area contributed by atoms with E-state index in [1.54, 1.807) is 36.4 Å². The van der Waals surface area contributed by atoms with Crippen LogP contribution >= 0.6 is 11.6 Å². The third-order valence-electron chi connectivity index (χ3n) is 4.20. The van der Waals surface area contributed by atoms with Crippen molar-refractivity contribution in [1.82, 2.24) is 10.2 Å². The molecule has 0 bridgehead atoms. The second-order valence-electron chi connectivity index (χ2n) is 5.82. The molecule has 3 rings (SSSR count). The molecule has 0 spiro atoms. The predicted octanol–water partition coefficient (Wildman–Crippen LogP) is 3.20. The Morgan fingerprint density at radius 3 is 2.12 bits per heavy atom. The van der Waals surface area contributed by atoms with Crippen molar-refractivity contribution in [3.8, 4) is 0 Å². The van der Waals surface area contributed by atoms with Crippen LogP contribution in [-0.4, -0.2) is 29.2 Å². The molecule has 1 aliphatic rings. The lowest BCUT2D eigenvalue weighted by Crippen LogP contribution is -2.41. The summed E-state index contributed by atoms with van der Waals surface area (Å²) in [6.45, 7) is 1.65. The average Bonchev–Trinajstić information content (AvgIpc) is 2.86. The van der Waals surface area contributed by atoms with Gasteiger partial charge >= 0.3 is 0 Å². The number of carbonyl (C=O) groups is 3. The molecular formula is C19H17ClN2O3. The zero-order valence-corrected chi connectivity index (χ0v) is 14.4. The number of rotatable bonds is 5. The van der Waals surface area contributed by atoms with Gasteiger partial charge in [0.2, 0.25) is 5.91 Å². The Labute approximate surface area is 150 Å². The van der Waals surface area contributed by atoms with Crippen molar-refractivity contribution in [3.05, 3.63) is 70.2 Å². The van der Waals surface area contributed by atoms with Gasteiger partial charge in [-0.2, -0.15) is 0 Å². The van der Waals surface area contributed by atoms with Crippen LogP contribution < -0.4 is 5.32 Å². The fourth-order valence-electron chi connectivity index (χ4n) is 2.88. The monoisotopic (exact) mass is 356 g/mol. The minimum Gasteiger partial charge on any atom is -0.348 e. The summed E-state index contributed by atoms with van der Waals surface area (Å²) in [4.78, 5) is 38.0. The summed E-state index contributed by atoms with van der Waals surface area (Å²) in [6.07, 6.45) is 0.676. The SMILES string of the molecule is CCC(NC(=O)CN1C(=O)c2ccccc2C1=O)c1ccc(Cl)cc1. The first-order valence-corrected chi connectivity index (χ1v) is 8.39. The minimum absolute atomic E-state index is 0.208. The first-order chi connectivity index (χ1) is 12.0. The number of imide groups is 1. The zero-order chi connectivity index (χ0) is 18.0. The molecule has 6 heteroatoms. The summed E-state index contributed by atoms with van der Waals surface area (Å²) in [7, 11) is 0. The standard InChI is InChI=1S/C19H17ClN2O3/c1-2-16(12-7-9-13(20)10-8-12)21-17(23)11-22-18(24)14-5-3-4-6-15(14)19(22)25/h3-10,16H,2,11H2,1H3,(H,21,23). The Balaban J connectivity index is 1.69. The summed E-state index contributed by atoms with van der Waals surface area (Å²) in [5.74, 6) is -1.25. The topological polar surface area (TPSA) is 66.5 Å². The van der Waals surface area contributed by atoms with Gasteiger partial charge in [0.25, 0.3) is 11.8 Å². The van der Waals surface area contributed by atoms with Gasteiger partial charge in [0.15, 0.2) is 0 Å². The molecule has 1 unspecified atom stereocenters. The Hall–Kier alpha value is -2.66. The average molecular weight is 357 g/mol. The van der Waals surface area contributed by atoms with E-state index in [2.05, 4.69) is 5.32 Å². The van der Waals surface area contributed by atoms with Crippen LogP contribution in [0, 0.1) is 0 Å². The molecule has 1 atom stereocenters. The van der Waals surface area contributed by atoms with Crippen molar-refractivity contribution in [2.24, 2.45) is 0 Å². The summed E-state index contributed by atoms with van der Waals surface area (Å²) in [5.41, 5.74) is 1.60. The van der Waals surface area contributed by atoms with E-state index in [0.717, 1.165) is 10.5 Å². The molecule has 5 nitrogen and oxygen atoms in total. The molecule has 1 N–H and O–H groups in total. The summed E-state index contributed by atoms with van der Waals surface area (Å²) in [5, 5.41) is 3.49. The summed E-state index contributed by atoms with van der Waals surface area (Å²) < 4.78 is 0. The Kier molecular flexibility index (Phi) is 4.86. The maximum Gasteiger partial charge on any atom is 0.262 e. The van der Waals surface area contributed by atoms with Gasteiger partial charge in [0, 0.05) is 5.02 Å². The number of carbonyl (C=O) groups excluding carboxylic acids is 3. The van der Waals surface area contributed by atoms with Crippen molar-refractivity contribution in [3.63, 3.8) is 0 Å². The van der Waals surface area contributed by atoms with E-state index in [4.69, 9.17) is 11.6 Å². The normalized spacial score (nSPS) is 14.4. The molecule has 0 saturated carbocycles. The number of nitrogens with one attached hydrogen (secondary N) is 1. The number of amides is 3. The molecular weight excluding hydrogens is 340 g/mol. The van der Waals surface area contributed by atoms with Gasteiger partial charge in [0.05, 0.1) is 17.2 Å². The second-order valence-corrected chi connectivity index (χ2v) is 6.26. The third kappa shape index (κ3) is 3.42. The molecule has 0 saturated heterocycles. The molecule has 128 valence electrons. The van der Waals surface area contributed by atoms with Crippen LogP contribution in [-0.2, 0) is 4.79 Å². The molecule has 1 heterocycles. The van der Waals surface area contributed by atoms with Crippen molar-refractivity contribution in [2.75, 3.05) is 6.54 Å². The number of benzene rings is 2. The second kappa shape index (κ2) is 7.07. The van der Waals surface area contributed by atoms with Crippen LogP contribution in [0.25, 0.3) is 0 Å². The lowest BCUT2D eigenvalue weighted by molar-refractivity contribution is -0.122. The van der Waals surface area contributed by atoms with Crippen LogP contribution in [0.5, 0.6) is 0 Å². The smallest absolute Gasteiger partial charge is 0.262 e. The van der Waals surface area contributed by atoms with Gasteiger partial charge in [-0.1, -0.05) is 42.8 Å². The largest absolute Gasteiger partial charge is 0.348 e. The van der Waals surface area contributed by atoms with E-state index < -0.39 is 11.8 Å². The maximum absolute atomic E-state index is 12.4. The van der Waals surface area contributed by atoms with Gasteiger partial charge in [0.1, 0.15) is 6.54 Å². The van der Waals surface area contributed by atoms with Crippen molar-refractivity contribution < 1.29 is 14.4 Å². The Morgan fingerprint density at radius 1 is 1.04 bits per heavy atom. The van der Waals surface area contributed by atoms with E-state index in [9.17, 15) is 14.4 Å². The van der Waals surface area contributed by atoms with E-state index in [1.807, 2.05) is 19.1 Å². The first kappa shape index (κ1) is 17.2. The first-order valence-electron chi connectivity index (χ1n) is 8.01. The highest BCUT2D eigenvalue weighted by molar-refractivity contribution is 6.30. The summed E-state index contributed by atoms with van der Waals surface area (Å²) in [6, 6.07) is 13.6. The number of hydrogen-bond acceptors (Lipinski definition) is 3. The van der Waals surface area contributed by atoms with E-state index in [0.29, 0.717) is 22.6 Å². The molecule has 0 fully saturated rings. The fourth-order valence-corrected chi connectivity index (χ4v) is 3.01. The highest BCUT2D eigenvalue weighted by Gasteiger charge is 2.36. The van der Waals surface area contributed by atoms with Gasteiger partial charge in [-0.25, -0.2) is 0 Å². The number of fused-ring (bicyclic) bond motifs is 1. The van der Waals surface area contributed by atoms with E-state index in [1.165, 1.54) is 0 Å². The summed E-state index contributed by atoms with van der Waals surface area (Å²) >= 11 is 5.89. The van der Waals surface area contributed by atoms with E-state index in [-0.39, 0.29) is 18.5 Å². The van der Waals surface area contributed by atoms with Crippen LogP contribution in [0.15, 0.2) is 48.5 Å². The molecule has 0 radical (unpaired) electrons. The quantitative estimate of drug-likeness (QED) is 0.836. The lowest BCUT2D eigenvalue weighted by Gasteiger charge is -2.20. The van der Waals surface area contributed by atoms with Crippen molar-refractivity contribution in [1.29, 1.82) is 0 Å². The van der Waals surface area contributed by atoms with Crippen molar-refractivity contribution >= 4 is 29.3 Å². The fraction of sp³-hybridized carbons (Fsp3) is 0.211. The molecule has 0 aromatic heterocycles. The van der Waals surface area contributed by atoms with Crippen LogP contribution in [0.4, 0.5) is 0 Å². The van der Waals surface area contributed by atoms with Crippen LogP contribution in [0.3, 0.4) is 0 Å². The molecule has 2 aromatic rings. The van der Waals surface area contributed by atoms with Gasteiger partial charge in [-0.05, 0) is 36.2 Å². The number of halogens is 1. The van der Waals surface area contributed by atoms with Crippen LogP contribution in [0.1, 0.15) is 45.7 Å². The predicted molar refractivity (Wildman–Crippen MR) is 94.4 cm³/mol. The third-order valence-corrected chi connectivity index (χ3v) is 4.45. The van der Waals surface area contributed by atoms with Gasteiger partial charge < -0.3 is 5.32 Å². The Bertz CT molecular complexity index is 798. The number of hydrogen-bond donors (Lipinski definition) is 1. The number of nitrogens with zero attached hydrogens (tertiary/aromatic N) is 1. The zero-order valence-electron chi connectivity index (χ0n) is 13.7. The highest BCUT2D eigenvalue weighted by atomic mass is 35.5. The van der Waals surface area contributed by atoms with Gasteiger partial charge in [-0.3, -0.25) is 19.3 Å². The molecule has 0 aliphatic carbocycles. The molecule has 25 heavy (non-hydrogen) atoms. The maximum atomic E-state index is 12.4. The lowest BCUT2D eigenvalue weighted by atomic mass is 10.0. The van der Waals surface area contributed by atoms with Crippen molar-refractivity contribution in [2.45, 2.75) is 19.4 Å².